The largest absolute Gasteiger partial charge is 0.496 e. The zero-order valence-corrected chi connectivity index (χ0v) is 18.7. The van der Waals surface area contributed by atoms with Crippen molar-refractivity contribution in [3.05, 3.63) is 64.1 Å². The molecular weight excluding hydrogens is 470 g/mol. The van der Waals surface area contributed by atoms with Gasteiger partial charge in [0.05, 0.1) is 17.6 Å². The number of nitrogens with zero attached hydrogens (tertiary/aromatic N) is 3. The summed E-state index contributed by atoms with van der Waals surface area (Å²) in [7, 11) is -2.23. The molecule has 0 radical (unpaired) electrons. The minimum absolute atomic E-state index is 0.00563. The maximum absolute atomic E-state index is 12.9. The molecule has 9 heteroatoms. The third-order valence-electron chi connectivity index (χ3n) is 4.77. The first kappa shape index (κ1) is 22.0. The lowest BCUT2D eigenvalue weighted by atomic mass is 10.2. The van der Waals surface area contributed by atoms with Crippen molar-refractivity contribution >= 4 is 37.9 Å². The first-order valence-corrected chi connectivity index (χ1v) is 11.4. The van der Waals surface area contributed by atoms with Crippen LogP contribution in [-0.4, -0.2) is 56.8 Å². The number of hydrogen-bond donors (Lipinski definition) is 0. The normalized spacial score (nSPS) is 15.2. The molecule has 1 aliphatic rings. The SMILES string of the molecule is COc1ccc(Br)cc1C=CC(=O)N1CCN(S(=O)(=O)c2ccccc2C#N)CC1. The molecule has 2 aromatic carbocycles. The van der Waals surface area contributed by atoms with Crippen LogP contribution in [0, 0.1) is 11.3 Å². The smallest absolute Gasteiger partial charge is 0.246 e. The summed E-state index contributed by atoms with van der Waals surface area (Å²) < 4.78 is 33.3. The highest BCUT2D eigenvalue weighted by atomic mass is 79.9. The first-order valence-electron chi connectivity index (χ1n) is 9.16. The molecule has 0 N–H and O–H groups in total. The number of carbonyl (C=O) groups is 1. The van der Waals surface area contributed by atoms with Crippen molar-refractivity contribution in [2.45, 2.75) is 4.90 Å². The maximum Gasteiger partial charge on any atom is 0.246 e. The van der Waals surface area contributed by atoms with E-state index in [1.54, 1.807) is 36.3 Å². The topological polar surface area (TPSA) is 90.7 Å². The number of rotatable bonds is 5. The third kappa shape index (κ3) is 4.73. The molecule has 0 aromatic heterocycles. The van der Waals surface area contributed by atoms with Gasteiger partial charge in [-0.15, -0.1) is 0 Å². The molecule has 2 aromatic rings. The van der Waals surface area contributed by atoms with Crippen molar-refractivity contribution in [3.8, 4) is 11.8 Å². The van der Waals surface area contributed by atoms with Crippen LogP contribution in [0.15, 0.2) is 57.9 Å². The average molecular weight is 490 g/mol. The number of piperazine rings is 1. The Morgan fingerprint density at radius 2 is 1.87 bits per heavy atom. The van der Waals surface area contributed by atoms with Gasteiger partial charge in [0, 0.05) is 42.3 Å². The quantitative estimate of drug-likeness (QED) is 0.602. The van der Waals surface area contributed by atoms with Gasteiger partial charge in [-0.1, -0.05) is 28.1 Å². The zero-order valence-electron chi connectivity index (χ0n) is 16.3. The number of amides is 1. The molecule has 156 valence electrons. The lowest BCUT2D eigenvalue weighted by molar-refractivity contribution is -0.127. The van der Waals surface area contributed by atoms with E-state index in [1.807, 2.05) is 18.2 Å². The van der Waals surface area contributed by atoms with E-state index in [1.165, 1.54) is 22.5 Å². The molecule has 1 amide bonds. The van der Waals surface area contributed by atoms with Crippen LogP contribution in [0.5, 0.6) is 5.75 Å². The van der Waals surface area contributed by atoms with Crippen LogP contribution in [0.4, 0.5) is 0 Å². The Labute approximate surface area is 184 Å². The summed E-state index contributed by atoms with van der Waals surface area (Å²) in [4.78, 5) is 14.2. The first-order chi connectivity index (χ1) is 14.4. The van der Waals surface area contributed by atoms with E-state index in [9.17, 15) is 18.5 Å². The number of ether oxygens (including phenoxy) is 1. The van der Waals surface area contributed by atoms with Crippen LogP contribution < -0.4 is 4.74 Å². The Balaban J connectivity index is 1.68. The summed E-state index contributed by atoms with van der Waals surface area (Å²) in [6.45, 7) is 0.878. The molecule has 0 unspecified atom stereocenters. The molecule has 3 rings (SSSR count). The average Bonchev–Trinajstić information content (AvgIpc) is 2.77. The monoisotopic (exact) mass is 489 g/mol. The number of benzene rings is 2. The molecule has 30 heavy (non-hydrogen) atoms. The van der Waals surface area contributed by atoms with Crippen molar-refractivity contribution < 1.29 is 17.9 Å². The van der Waals surface area contributed by atoms with Crippen molar-refractivity contribution in [1.29, 1.82) is 5.26 Å². The van der Waals surface area contributed by atoms with Crippen molar-refractivity contribution in [2.24, 2.45) is 0 Å². The summed E-state index contributed by atoms with van der Waals surface area (Å²) in [5.74, 6) is 0.445. The van der Waals surface area contributed by atoms with E-state index in [-0.39, 0.29) is 42.5 Å². The predicted octanol–water partition coefficient (Wildman–Crippen LogP) is 2.88. The standard InChI is InChI=1S/C21H20BrN3O4S/c1-29-19-8-7-18(22)14-16(19)6-9-21(26)24-10-12-25(13-11-24)30(27,28)20-5-3-2-4-17(20)15-23/h2-9,14H,10-13H2,1H3. The molecule has 0 atom stereocenters. The molecular formula is C21H20BrN3O4S. The van der Waals surface area contributed by atoms with Gasteiger partial charge in [0.1, 0.15) is 11.8 Å². The van der Waals surface area contributed by atoms with Crippen LogP contribution in [-0.2, 0) is 14.8 Å². The third-order valence-corrected chi connectivity index (χ3v) is 7.22. The molecule has 0 spiro atoms. The second-order valence-electron chi connectivity index (χ2n) is 6.56. The number of nitriles is 1. The summed E-state index contributed by atoms with van der Waals surface area (Å²) >= 11 is 3.40. The predicted molar refractivity (Wildman–Crippen MR) is 116 cm³/mol. The van der Waals surface area contributed by atoms with E-state index in [0.29, 0.717) is 5.75 Å². The van der Waals surface area contributed by atoms with Gasteiger partial charge in [0.15, 0.2) is 0 Å². The minimum atomic E-state index is -3.79. The second-order valence-corrected chi connectivity index (χ2v) is 9.38. The second kappa shape index (κ2) is 9.43. The number of sulfonamides is 1. The van der Waals surface area contributed by atoms with Gasteiger partial charge in [0.2, 0.25) is 15.9 Å². The fraction of sp³-hybridized carbons (Fsp3) is 0.238. The molecule has 1 aliphatic heterocycles. The lowest BCUT2D eigenvalue weighted by Crippen LogP contribution is -2.50. The van der Waals surface area contributed by atoms with Crippen molar-refractivity contribution in [1.82, 2.24) is 9.21 Å². The van der Waals surface area contributed by atoms with Gasteiger partial charge < -0.3 is 9.64 Å². The van der Waals surface area contributed by atoms with E-state index in [2.05, 4.69) is 15.9 Å². The fourth-order valence-electron chi connectivity index (χ4n) is 3.17. The van der Waals surface area contributed by atoms with E-state index in [0.717, 1.165) is 10.0 Å². The van der Waals surface area contributed by atoms with E-state index in [4.69, 9.17) is 4.74 Å². The van der Waals surface area contributed by atoms with Crippen LogP contribution in [0.2, 0.25) is 0 Å². The Bertz CT molecular complexity index is 1120. The highest BCUT2D eigenvalue weighted by molar-refractivity contribution is 9.10. The van der Waals surface area contributed by atoms with Gasteiger partial charge in [-0.2, -0.15) is 9.57 Å². The zero-order chi connectivity index (χ0) is 21.7. The van der Waals surface area contributed by atoms with Gasteiger partial charge in [-0.05, 0) is 36.4 Å². The fourth-order valence-corrected chi connectivity index (χ4v) is 5.12. The highest BCUT2D eigenvalue weighted by Crippen LogP contribution is 2.24. The van der Waals surface area contributed by atoms with Crippen LogP contribution >= 0.6 is 15.9 Å². The molecule has 1 heterocycles. The van der Waals surface area contributed by atoms with Crippen LogP contribution in [0.3, 0.4) is 0 Å². The molecule has 0 bridgehead atoms. The number of methoxy groups -OCH3 is 1. The van der Waals surface area contributed by atoms with E-state index < -0.39 is 10.0 Å². The minimum Gasteiger partial charge on any atom is -0.496 e. The van der Waals surface area contributed by atoms with E-state index >= 15 is 0 Å². The van der Waals surface area contributed by atoms with Crippen LogP contribution in [0.25, 0.3) is 6.08 Å². The molecule has 1 saturated heterocycles. The Morgan fingerprint density at radius 1 is 1.17 bits per heavy atom. The lowest BCUT2D eigenvalue weighted by Gasteiger charge is -2.33. The molecule has 0 aliphatic carbocycles. The van der Waals surface area contributed by atoms with Crippen LogP contribution in [0.1, 0.15) is 11.1 Å². The maximum atomic E-state index is 12.9. The highest BCUT2D eigenvalue weighted by Gasteiger charge is 2.31. The summed E-state index contributed by atoms with van der Waals surface area (Å²) in [5.41, 5.74) is 0.872. The van der Waals surface area contributed by atoms with Crippen molar-refractivity contribution in [3.63, 3.8) is 0 Å². The Hall–Kier alpha value is -2.67. The Morgan fingerprint density at radius 3 is 2.53 bits per heavy atom. The van der Waals surface area contributed by atoms with Gasteiger partial charge in [-0.25, -0.2) is 8.42 Å². The summed E-state index contributed by atoms with van der Waals surface area (Å²) in [6.07, 6.45) is 3.14. The van der Waals surface area contributed by atoms with Crippen molar-refractivity contribution in [2.75, 3.05) is 33.3 Å². The molecule has 7 nitrogen and oxygen atoms in total. The van der Waals surface area contributed by atoms with Gasteiger partial charge >= 0.3 is 0 Å². The Kier molecular flexibility index (Phi) is 6.92. The van der Waals surface area contributed by atoms with Gasteiger partial charge in [0.25, 0.3) is 0 Å². The number of hydrogen-bond acceptors (Lipinski definition) is 5. The summed E-state index contributed by atoms with van der Waals surface area (Å²) in [6, 6.07) is 13.5. The number of halogens is 1. The molecule has 0 saturated carbocycles. The molecule has 1 fully saturated rings. The number of carbonyl (C=O) groups excluding carboxylic acids is 1. The van der Waals surface area contributed by atoms with Gasteiger partial charge in [-0.3, -0.25) is 4.79 Å². The summed E-state index contributed by atoms with van der Waals surface area (Å²) in [5, 5.41) is 9.20.